The number of aromatic amines is 1. The molecule has 0 radical (unpaired) electrons. The molecule has 0 bridgehead atoms. The molecule has 0 aromatic carbocycles. The highest BCUT2D eigenvalue weighted by molar-refractivity contribution is 5.29. The van der Waals surface area contributed by atoms with Crippen LogP contribution in [0.3, 0.4) is 0 Å². The second-order valence-electron chi connectivity index (χ2n) is 3.03. The van der Waals surface area contributed by atoms with Crippen LogP contribution in [0.15, 0.2) is 4.79 Å². The fourth-order valence-corrected chi connectivity index (χ4v) is 1.21. The van der Waals surface area contributed by atoms with Gasteiger partial charge in [-0.1, -0.05) is 13.3 Å². The summed E-state index contributed by atoms with van der Waals surface area (Å²) in [6.45, 7) is 4.46. The van der Waals surface area contributed by atoms with Gasteiger partial charge in [-0.05, 0) is 13.3 Å². The molecule has 0 atom stereocenters. The molecular formula is C9H13N3O. The van der Waals surface area contributed by atoms with Gasteiger partial charge in [0.1, 0.15) is 11.6 Å². The molecule has 0 amide bonds. The van der Waals surface area contributed by atoms with Crippen LogP contribution < -0.4 is 5.56 Å². The molecule has 1 aromatic rings. The first-order valence-corrected chi connectivity index (χ1v) is 4.40. The maximum Gasteiger partial charge on any atom is 0.284 e. The fourth-order valence-electron chi connectivity index (χ4n) is 1.21. The van der Waals surface area contributed by atoms with E-state index in [1.165, 1.54) is 4.68 Å². The van der Waals surface area contributed by atoms with Crippen molar-refractivity contribution in [3.8, 4) is 6.07 Å². The summed E-state index contributed by atoms with van der Waals surface area (Å²) < 4.78 is 1.50. The maximum absolute atomic E-state index is 11.4. The molecular weight excluding hydrogens is 166 g/mol. The summed E-state index contributed by atoms with van der Waals surface area (Å²) >= 11 is 0. The summed E-state index contributed by atoms with van der Waals surface area (Å²) in [6.07, 6.45) is 1.98. The minimum absolute atomic E-state index is 0.201. The summed E-state index contributed by atoms with van der Waals surface area (Å²) in [5.41, 5.74) is 0.688. The molecule has 0 saturated carbocycles. The Morgan fingerprint density at radius 3 is 2.77 bits per heavy atom. The van der Waals surface area contributed by atoms with E-state index in [9.17, 15) is 4.79 Å². The summed E-state index contributed by atoms with van der Waals surface area (Å²) in [6, 6.07) is 1.90. The number of hydrogen-bond acceptors (Lipinski definition) is 2. The summed E-state index contributed by atoms with van der Waals surface area (Å²) in [4.78, 5) is 11.4. The Balaban J connectivity index is 2.99. The van der Waals surface area contributed by atoms with Crippen molar-refractivity contribution in [1.82, 2.24) is 9.78 Å². The monoisotopic (exact) mass is 179 g/mol. The van der Waals surface area contributed by atoms with Crippen LogP contribution in [0.25, 0.3) is 0 Å². The molecule has 4 heteroatoms. The first-order chi connectivity index (χ1) is 6.20. The van der Waals surface area contributed by atoms with Gasteiger partial charge >= 0.3 is 0 Å². The van der Waals surface area contributed by atoms with Gasteiger partial charge in [-0.3, -0.25) is 14.6 Å². The van der Waals surface area contributed by atoms with Crippen LogP contribution in [-0.4, -0.2) is 9.78 Å². The first-order valence-electron chi connectivity index (χ1n) is 4.40. The van der Waals surface area contributed by atoms with E-state index in [2.05, 4.69) is 12.0 Å². The predicted octanol–water partition coefficient (Wildman–Crippen LogP) is 1.16. The minimum Gasteiger partial charge on any atom is -0.299 e. The second kappa shape index (κ2) is 3.94. The van der Waals surface area contributed by atoms with E-state index >= 15 is 0 Å². The molecule has 0 fully saturated rings. The third-order valence-corrected chi connectivity index (χ3v) is 1.98. The zero-order valence-electron chi connectivity index (χ0n) is 7.92. The van der Waals surface area contributed by atoms with Crippen LogP contribution in [0.1, 0.15) is 31.0 Å². The lowest BCUT2D eigenvalue weighted by atomic mass is 10.3. The smallest absolute Gasteiger partial charge is 0.284 e. The van der Waals surface area contributed by atoms with Crippen molar-refractivity contribution in [2.45, 2.75) is 33.2 Å². The van der Waals surface area contributed by atoms with Gasteiger partial charge in [-0.25, -0.2) is 0 Å². The molecule has 13 heavy (non-hydrogen) atoms. The van der Waals surface area contributed by atoms with Crippen LogP contribution in [0.5, 0.6) is 0 Å². The molecule has 0 spiro atoms. The maximum atomic E-state index is 11.4. The first kappa shape index (κ1) is 9.59. The number of aromatic nitrogens is 2. The van der Waals surface area contributed by atoms with Crippen LogP contribution in [-0.2, 0) is 6.54 Å². The highest BCUT2D eigenvalue weighted by atomic mass is 16.1. The normalized spacial score (nSPS) is 9.92. The van der Waals surface area contributed by atoms with E-state index in [1.807, 2.05) is 6.07 Å². The lowest BCUT2D eigenvalue weighted by molar-refractivity contribution is 0.554. The SMILES string of the molecule is CCCCn1[nH]c(C)c(C#N)c1=O. The molecule has 0 unspecified atom stereocenters. The van der Waals surface area contributed by atoms with E-state index in [1.54, 1.807) is 6.92 Å². The van der Waals surface area contributed by atoms with Crippen LogP contribution in [0.4, 0.5) is 0 Å². The third-order valence-electron chi connectivity index (χ3n) is 1.98. The number of hydrogen-bond donors (Lipinski definition) is 1. The van der Waals surface area contributed by atoms with Crippen molar-refractivity contribution in [2.75, 3.05) is 0 Å². The lowest BCUT2D eigenvalue weighted by Crippen LogP contribution is -2.18. The summed E-state index contributed by atoms with van der Waals surface area (Å²) in [5.74, 6) is 0. The Bertz CT molecular complexity index is 381. The second-order valence-corrected chi connectivity index (χ2v) is 3.03. The van der Waals surface area contributed by atoms with E-state index in [4.69, 9.17) is 5.26 Å². The van der Waals surface area contributed by atoms with Crippen molar-refractivity contribution in [1.29, 1.82) is 5.26 Å². The van der Waals surface area contributed by atoms with Crippen LogP contribution in [0.2, 0.25) is 0 Å². The number of unbranched alkanes of at least 4 members (excludes halogenated alkanes) is 1. The van der Waals surface area contributed by atoms with Crippen LogP contribution >= 0.6 is 0 Å². The molecule has 1 N–H and O–H groups in total. The lowest BCUT2D eigenvalue weighted by Gasteiger charge is -1.97. The fraction of sp³-hybridized carbons (Fsp3) is 0.556. The van der Waals surface area contributed by atoms with Gasteiger partial charge in [0.15, 0.2) is 0 Å². The molecule has 1 rings (SSSR count). The standard InChI is InChI=1S/C9H13N3O/c1-3-4-5-12-9(13)8(6-10)7(2)11-12/h11H,3-5H2,1-2H3. The zero-order valence-corrected chi connectivity index (χ0v) is 7.92. The van der Waals surface area contributed by atoms with Gasteiger partial charge in [-0.15, -0.1) is 0 Å². The molecule has 1 heterocycles. The number of aryl methyl sites for hydroxylation is 2. The van der Waals surface area contributed by atoms with E-state index in [0.29, 0.717) is 12.2 Å². The van der Waals surface area contributed by atoms with Crippen molar-refractivity contribution in [3.05, 3.63) is 21.6 Å². The number of nitriles is 1. The summed E-state index contributed by atoms with van der Waals surface area (Å²) in [7, 11) is 0. The van der Waals surface area contributed by atoms with Crippen molar-refractivity contribution < 1.29 is 0 Å². The Kier molecular flexibility index (Phi) is 2.91. The highest BCUT2D eigenvalue weighted by Crippen LogP contribution is 1.98. The Hall–Kier alpha value is -1.50. The molecule has 0 saturated heterocycles. The highest BCUT2D eigenvalue weighted by Gasteiger charge is 2.08. The van der Waals surface area contributed by atoms with Gasteiger partial charge < -0.3 is 0 Å². The van der Waals surface area contributed by atoms with Gasteiger partial charge in [-0.2, -0.15) is 5.26 Å². The van der Waals surface area contributed by atoms with E-state index in [-0.39, 0.29) is 11.1 Å². The van der Waals surface area contributed by atoms with Gasteiger partial charge in [0.2, 0.25) is 0 Å². The molecule has 1 aromatic heterocycles. The largest absolute Gasteiger partial charge is 0.299 e. The van der Waals surface area contributed by atoms with Crippen molar-refractivity contribution >= 4 is 0 Å². The average Bonchev–Trinajstić information content (AvgIpc) is 2.38. The number of H-pyrrole nitrogens is 1. The van der Waals surface area contributed by atoms with Crippen LogP contribution in [0, 0.1) is 18.3 Å². The zero-order chi connectivity index (χ0) is 9.84. The van der Waals surface area contributed by atoms with Crippen molar-refractivity contribution in [3.63, 3.8) is 0 Å². The topological polar surface area (TPSA) is 61.6 Å². The molecule has 0 aliphatic rings. The van der Waals surface area contributed by atoms with Crippen molar-refractivity contribution in [2.24, 2.45) is 0 Å². The number of nitrogens with zero attached hydrogens (tertiary/aromatic N) is 2. The number of nitrogens with one attached hydrogen (secondary N) is 1. The average molecular weight is 179 g/mol. The molecule has 4 nitrogen and oxygen atoms in total. The predicted molar refractivity (Wildman–Crippen MR) is 49.4 cm³/mol. The Morgan fingerprint density at radius 2 is 2.31 bits per heavy atom. The summed E-state index contributed by atoms with van der Waals surface area (Å²) in [5, 5.41) is 11.5. The Labute approximate surface area is 76.8 Å². The minimum atomic E-state index is -0.201. The van der Waals surface area contributed by atoms with Gasteiger partial charge in [0.25, 0.3) is 5.56 Å². The molecule has 0 aliphatic carbocycles. The Morgan fingerprint density at radius 1 is 1.62 bits per heavy atom. The molecule has 0 aliphatic heterocycles. The third kappa shape index (κ3) is 1.81. The number of rotatable bonds is 3. The van der Waals surface area contributed by atoms with Gasteiger partial charge in [0.05, 0.1) is 5.69 Å². The quantitative estimate of drug-likeness (QED) is 0.756. The molecule has 70 valence electrons. The van der Waals surface area contributed by atoms with E-state index < -0.39 is 0 Å². The van der Waals surface area contributed by atoms with Gasteiger partial charge in [0, 0.05) is 6.54 Å². The van der Waals surface area contributed by atoms with E-state index in [0.717, 1.165) is 12.8 Å².